The highest BCUT2D eigenvalue weighted by atomic mass is 35.5. The number of nitrogens with one attached hydrogen (secondary N) is 1. The minimum absolute atomic E-state index is 0.00139. The number of hydrogen-bond donors (Lipinski definition) is 1. The largest absolute Gasteiger partial charge is 0.490 e. The molecule has 1 saturated heterocycles. The monoisotopic (exact) mass is 354 g/mol. The molecule has 1 amide bonds. The predicted molar refractivity (Wildman–Crippen MR) is 96.3 cm³/mol. The second kappa shape index (κ2) is 9.14. The molecule has 1 aromatic rings. The van der Waals surface area contributed by atoms with E-state index in [0.29, 0.717) is 41.2 Å². The van der Waals surface area contributed by atoms with Gasteiger partial charge in [-0.25, -0.2) is 0 Å². The van der Waals surface area contributed by atoms with Gasteiger partial charge in [-0.2, -0.15) is 0 Å². The average Bonchev–Trinajstić information content (AvgIpc) is 3.02. The fourth-order valence-corrected chi connectivity index (χ4v) is 3.22. The highest BCUT2D eigenvalue weighted by Gasteiger charge is 2.27. The predicted octanol–water partition coefficient (Wildman–Crippen LogP) is 3.21. The number of likely N-dealkylation sites (tertiary alicyclic amines) is 1. The van der Waals surface area contributed by atoms with Crippen molar-refractivity contribution in [3.05, 3.63) is 22.7 Å². The van der Waals surface area contributed by atoms with Gasteiger partial charge in [0.2, 0.25) is 0 Å². The van der Waals surface area contributed by atoms with Crippen LogP contribution in [0.25, 0.3) is 0 Å². The Kier molecular flexibility index (Phi) is 7.18. The van der Waals surface area contributed by atoms with Crippen LogP contribution in [0.5, 0.6) is 11.5 Å². The van der Waals surface area contributed by atoms with Gasteiger partial charge in [-0.05, 0) is 51.4 Å². The maximum absolute atomic E-state index is 12.8. The van der Waals surface area contributed by atoms with Gasteiger partial charge < -0.3 is 19.7 Å². The first-order chi connectivity index (χ1) is 11.6. The molecule has 1 atom stereocenters. The molecule has 1 fully saturated rings. The normalized spacial score (nSPS) is 17.2. The first-order valence-electron chi connectivity index (χ1n) is 8.63. The van der Waals surface area contributed by atoms with Gasteiger partial charge >= 0.3 is 0 Å². The van der Waals surface area contributed by atoms with Crippen LogP contribution in [0.2, 0.25) is 5.02 Å². The molecule has 2 rings (SSSR count). The van der Waals surface area contributed by atoms with Gasteiger partial charge in [0, 0.05) is 18.7 Å². The smallest absolute Gasteiger partial charge is 0.254 e. The first-order valence-corrected chi connectivity index (χ1v) is 9.01. The number of amides is 1. The van der Waals surface area contributed by atoms with E-state index in [9.17, 15) is 4.79 Å². The van der Waals surface area contributed by atoms with Crippen LogP contribution in [-0.2, 0) is 0 Å². The molecule has 0 aliphatic carbocycles. The molecule has 134 valence electrons. The fraction of sp³-hybridized carbons (Fsp3) is 0.611. The summed E-state index contributed by atoms with van der Waals surface area (Å²) in [7, 11) is 1.94. The van der Waals surface area contributed by atoms with Crippen molar-refractivity contribution in [1.82, 2.24) is 10.2 Å². The maximum atomic E-state index is 12.8. The Balaban J connectivity index is 2.19. The summed E-state index contributed by atoms with van der Waals surface area (Å²) in [6, 6.07) is 3.43. The topological polar surface area (TPSA) is 50.8 Å². The molecule has 0 aromatic heterocycles. The van der Waals surface area contributed by atoms with E-state index in [1.807, 2.05) is 25.8 Å². The van der Waals surface area contributed by atoms with Crippen molar-refractivity contribution in [2.75, 3.05) is 39.9 Å². The lowest BCUT2D eigenvalue weighted by atomic mass is 10.1. The zero-order chi connectivity index (χ0) is 17.5. The summed E-state index contributed by atoms with van der Waals surface area (Å²) < 4.78 is 11.3. The van der Waals surface area contributed by atoms with E-state index in [1.54, 1.807) is 12.1 Å². The molecule has 0 radical (unpaired) electrons. The van der Waals surface area contributed by atoms with Gasteiger partial charge in [0.25, 0.3) is 5.91 Å². The van der Waals surface area contributed by atoms with E-state index in [0.717, 1.165) is 32.5 Å². The highest BCUT2D eigenvalue weighted by molar-refractivity contribution is 6.32. The minimum Gasteiger partial charge on any atom is -0.490 e. The Labute approximate surface area is 149 Å². The van der Waals surface area contributed by atoms with E-state index in [2.05, 4.69) is 5.32 Å². The van der Waals surface area contributed by atoms with Gasteiger partial charge in [0.15, 0.2) is 11.5 Å². The van der Waals surface area contributed by atoms with Crippen LogP contribution in [0.1, 0.15) is 37.0 Å². The number of ether oxygens (including phenoxy) is 2. The summed E-state index contributed by atoms with van der Waals surface area (Å²) in [5.41, 5.74) is 0.553. The van der Waals surface area contributed by atoms with Crippen molar-refractivity contribution in [3.63, 3.8) is 0 Å². The van der Waals surface area contributed by atoms with Crippen molar-refractivity contribution < 1.29 is 14.3 Å². The fourth-order valence-electron chi connectivity index (χ4n) is 2.95. The second-order valence-corrected chi connectivity index (χ2v) is 6.44. The Morgan fingerprint density at radius 2 is 2.17 bits per heavy atom. The number of hydrogen-bond acceptors (Lipinski definition) is 4. The van der Waals surface area contributed by atoms with Crippen molar-refractivity contribution in [1.29, 1.82) is 0 Å². The van der Waals surface area contributed by atoms with E-state index in [1.165, 1.54) is 0 Å². The summed E-state index contributed by atoms with van der Waals surface area (Å²) in [6.45, 7) is 7.46. The van der Waals surface area contributed by atoms with Crippen LogP contribution in [-0.4, -0.2) is 50.7 Å². The Morgan fingerprint density at radius 3 is 2.83 bits per heavy atom. The summed E-state index contributed by atoms with van der Waals surface area (Å²) in [6.07, 6.45) is 1.90. The van der Waals surface area contributed by atoms with Gasteiger partial charge in [0.1, 0.15) is 0 Å². The third-order valence-corrected chi connectivity index (χ3v) is 4.35. The van der Waals surface area contributed by atoms with Gasteiger partial charge in [0.05, 0.1) is 18.2 Å². The Hall–Kier alpha value is -1.46. The molecule has 1 aliphatic heterocycles. The molecule has 1 aliphatic rings. The Morgan fingerprint density at radius 1 is 1.38 bits per heavy atom. The summed E-state index contributed by atoms with van der Waals surface area (Å²) in [5.74, 6) is 1.56. The molecule has 0 saturated carbocycles. The number of benzene rings is 1. The molecule has 5 nitrogen and oxygen atoms in total. The van der Waals surface area contributed by atoms with Crippen LogP contribution in [0.15, 0.2) is 12.1 Å². The molecule has 24 heavy (non-hydrogen) atoms. The molecule has 1 heterocycles. The van der Waals surface area contributed by atoms with Crippen molar-refractivity contribution in [2.24, 2.45) is 5.92 Å². The average molecular weight is 355 g/mol. The second-order valence-electron chi connectivity index (χ2n) is 6.03. The molecule has 0 spiro atoms. The maximum Gasteiger partial charge on any atom is 0.254 e. The third-order valence-electron chi connectivity index (χ3n) is 4.07. The van der Waals surface area contributed by atoms with Gasteiger partial charge in [-0.3, -0.25) is 4.79 Å². The number of rotatable bonds is 8. The molecule has 1 N–H and O–H groups in total. The zero-order valence-electron chi connectivity index (χ0n) is 14.7. The van der Waals surface area contributed by atoms with E-state index in [4.69, 9.17) is 21.1 Å². The van der Waals surface area contributed by atoms with Crippen LogP contribution >= 0.6 is 11.6 Å². The van der Waals surface area contributed by atoms with Gasteiger partial charge in [-0.15, -0.1) is 0 Å². The van der Waals surface area contributed by atoms with E-state index in [-0.39, 0.29) is 5.91 Å². The summed E-state index contributed by atoms with van der Waals surface area (Å²) in [4.78, 5) is 14.7. The van der Waals surface area contributed by atoms with Crippen molar-refractivity contribution in [3.8, 4) is 11.5 Å². The number of halogens is 1. The number of carbonyl (C=O) groups excluding carboxylic acids is 1. The number of carbonyl (C=O) groups is 1. The van der Waals surface area contributed by atoms with Crippen LogP contribution in [0.4, 0.5) is 0 Å². The van der Waals surface area contributed by atoms with Crippen molar-refractivity contribution >= 4 is 17.5 Å². The molecule has 6 heteroatoms. The molecular weight excluding hydrogens is 328 g/mol. The van der Waals surface area contributed by atoms with Crippen LogP contribution in [0.3, 0.4) is 0 Å². The first kappa shape index (κ1) is 18.9. The third kappa shape index (κ3) is 4.54. The molecular formula is C18H27ClN2O3. The lowest BCUT2D eigenvalue weighted by Crippen LogP contribution is -2.30. The lowest BCUT2D eigenvalue weighted by molar-refractivity contribution is 0.0786. The van der Waals surface area contributed by atoms with E-state index < -0.39 is 0 Å². The minimum atomic E-state index is -0.00139. The van der Waals surface area contributed by atoms with E-state index >= 15 is 0 Å². The van der Waals surface area contributed by atoms with Crippen molar-refractivity contribution in [2.45, 2.75) is 26.7 Å². The summed E-state index contributed by atoms with van der Waals surface area (Å²) >= 11 is 6.35. The standard InChI is InChI=1S/C18H27ClN2O3/c1-4-8-24-17-15(19)9-14(10-16(17)23-5-2)18(22)21-7-6-13(12-21)11-20-3/h9-10,13,20H,4-8,11-12H2,1-3H3. The van der Waals surface area contributed by atoms with Crippen LogP contribution < -0.4 is 14.8 Å². The summed E-state index contributed by atoms with van der Waals surface area (Å²) in [5, 5.41) is 3.60. The highest BCUT2D eigenvalue weighted by Crippen LogP contribution is 2.37. The number of nitrogens with zero attached hydrogens (tertiary/aromatic N) is 1. The Bertz CT molecular complexity index is 565. The molecule has 1 aromatic carbocycles. The SMILES string of the molecule is CCCOc1c(Cl)cc(C(=O)N2CCC(CNC)C2)cc1OCC. The quantitative estimate of drug-likeness (QED) is 0.778. The molecule has 0 bridgehead atoms. The van der Waals surface area contributed by atoms with Gasteiger partial charge in [-0.1, -0.05) is 18.5 Å². The molecule has 1 unspecified atom stereocenters. The van der Waals surface area contributed by atoms with Crippen LogP contribution in [0, 0.1) is 5.92 Å². The zero-order valence-corrected chi connectivity index (χ0v) is 15.5. The lowest BCUT2D eigenvalue weighted by Gasteiger charge is -2.19.